The van der Waals surface area contributed by atoms with Crippen LogP contribution in [0.1, 0.15) is 0 Å². The first-order valence-corrected chi connectivity index (χ1v) is 4.26. The number of carbonyl (C=O) groups excluding carboxylic acids is 1. The summed E-state index contributed by atoms with van der Waals surface area (Å²) in [5.74, 6) is -0.223. The summed E-state index contributed by atoms with van der Waals surface area (Å²) < 4.78 is 0. The fourth-order valence-electron chi connectivity index (χ4n) is 1.14. The second kappa shape index (κ2) is 3.83. The van der Waals surface area contributed by atoms with Gasteiger partial charge < -0.3 is 0 Å². The lowest BCUT2D eigenvalue weighted by Crippen LogP contribution is -2.17. The standard InChI is InChI=1S/C10H9N3O/c14-10-6-11-7-13(8-12-10)9-4-2-1-3-5-9/h1-5,7-8H,6H2. The van der Waals surface area contributed by atoms with Crippen LogP contribution in [-0.4, -0.2) is 25.1 Å². The van der Waals surface area contributed by atoms with Gasteiger partial charge in [0.25, 0.3) is 5.91 Å². The predicted molar refractivity (Wildman–Crippen MR) is 55.8 cm³/mol. The van der Waals surface area contributed by atoms with E-state index in [2.05, 4.69) is 9.98 Å². The Labute approximate surface area is 81.6 Å². The summed E-state index contributed by atoms with van der Waals surface area (Å²) in [5.41, 5.74) is 0.940. The predicted octanol–water partition coefficient (Wildman–Crippen LogP) is 1.09. The molecule has 0 saturated carbocycles. The lowest BCUT2D eigenvalue weighted by atomic mass is 10.3. The molecule has 0 bridgehead atoms. The Morgan fingerprint density at radius 3 is 2.71 bits per heavy atom. The average Bonchev–Trinajstić information content (AvgIpc) is 2.44. The van der Waals surface area contributed by atoms with Gasteiger partial charge in [-0.25, -0.2) is 4.99 Å². The first-order chi connectivity index (χ1) is 6.86. The van der Waals surface area contributed by atoms with Gasteiger partial charge >= 0.3 is 0 Å². The molecule has 0 radical (unpaired) electrons. The maximum Gasteiger partial charge on any atom is 0.268 e. The molecule has 0 fully saturated rings. The average molecular weight is 187 g/mol. The van der Waals surface area contributed by atoms with Crippen LogP contribution in [0.2, 0.25) is 0 Å². The number of para-hydroxylation sites is 1. The van der Waals surface area contributed by atoms with Crippen LogP contribution in [-0.2, 0) is 4.79 Å². The molecule has 0 aliphatic carbocycles. The van der Waals surface area contributed by atoms with Gasteiger partial charge in [0.2, 0.25) is 0 Å². The highest BCUT2D eigenvalue weighted by Crippen LogP contribution is 2.10. The molecule has 0 N–H and O–H groups in total. The van der Waals surface area contributed by atoms with Crippen LogP contribution in [0.4, 0.5) is 5.69 Å². The normalized spacial score (nSPS) is 15.7. The number of benzene rings is 1. The van der Waals surface area contributed by atoms with Gasteiger partial charge in [-0.1, -0.05) is 18.2 Å². The van der Waals surface area contributed by atoms with Crippen molar-refractivity contribution < 1.29 is 4.79 Å². The Bertz CT molecular complexity index is 384. The van der Waals surface area contributed by atoms with Crippen molar-refractivity contribution in [2.75, 3.05) is 11.4 Å². The van der Waals surface area contributed by atoms with Crippen LogP contribution in [0.3, 0.4) is 0 Å². The summed E-state index contributed by atoms with van der Waals surface area (Å²) in [4.78, 5) is 20.3. The summed E-state index contributed by atoms with van der Waals surface area (Å²) in [6, 6.07) is 9.62. The highest BCUT2D eigenvalue weighted by Gasteiger charge is 2.04. The Balaban J connectivity index is 2.27. The lowest BCUT2D eigenvalue weighted by Gasteiger charge is -2.11. The summed E-state index contributed by atoms with van der Waals surface area (Å²) in [7, 11) is 0. The number of amides is 1. The van der Waals surface area contributed by atoms with E-state index in [1.165, 1.54) is 6.34 Å². The molecule has 0 unspecified atom stereocenters. The van der Waals surface area contributed by atoms with E-state index in [-0.39, 0.29) is 12.5 Å². The number of aliphatic imine (C=N–C) groups is 2. The molecule has 1 aromatic rings. The van der Waals surface area contributed by atoms with Gasteiger partial charge in [-0.3, -0.25) is 14.7 Å². The molecule has 0 aromatic heterocycles. The molecule has 4 heteroatoms. The summed E-state index contributed by atoms with van der Waals surface area (Å²) in [5, 5.41) is 0. The molecular formula is C10H9N3O. The number of nitrogens with zero attached hydrogens (tertiary/aromatic N) is 3. The van der Waals surface area contributed by atoms with Crippen molar-refractivity contribution in [2.45, 2.75) is 0 Å². The van der Waals surface area contributed by atoms with E-state index >= 15 is 0 Å². The molecular weight excluding hydrogens is 178 g/mol. The quantitative estimate of drug-likeness (QED) is 0.660. The first-order valence-electron chi connectivity index (χ1n) is 4.26. The third-order valence-electron chi connectivity index (χ3n) is 1.81. The highest BCUT2D eigenvalue weighted by atomic mass is 16.1. The number of hydrogen-bond donors (Lipinski definition) is 0. The van der Waals surface area contributed by atoms with Crippen molar-refractivity contribution in [2.24, 2.45) is 9.98 Å². The van der Waals surface area contributed by atoms with Crippen molar-refractivity contribution in [1.29, 1.82) is 0 Å². The third-order valence-corrected chi connectivity index (χ3v) is 1.81. The zero-order chi connectivity index (χ0) is 9.80. The Hall–Kier alpha value is -1.97. The van der Waals surface area contributed by atoms with Crippen molar-refractivity contribution >= 4 is 24.3 Å². The smallest absolute Gasteiger partial charge is 0.268 e. The van der Waals surface area contributed by atoms with Gasteiger partial charge in [-0.05, 0) is 12.1 Å². The van der Waals surface area contributed by atoms with Crippen LogP contribution >= 0.6 is 0 Å². The van der Waals surface area contributed by atoms with Gasteiger partial charge in [-0.2, -0.15) is 0 Å². The second-order valence-corrected chi connectivity index (χ2v) is 2.84. The number of anilines is 1. The Morgan fingerprint density at radius 1 is 1.14 bits per heavy atom. The van der Waals surface area contributed by atoms with Crippen molar-refractivity contribution in [1.82, 2.24) is 0 Å². The maximum atomic E-state index is 10.9. The minimum atomic E-state index is -0.223. The molecule has 14 heavy (non-hydrogen) atoms. The van der Waals surface area contributed by atoms with E-state index in [4.69, 9.17) is 0 Å². The molecule has 2 rings (SSSR count). The number of rotatable bonds is 1. The minimum absolute atomic E-state index is 0.125. The molecule has 4 nitrogen and oxygen atoms in total. The monoisotopic (exact) mass is 187 g/mol. The minimum Gasteiger partial charge on any atom is -0.292 e. The Morgan fingerprint density at radius 2 is 1.93 bits per heavy atom. The Kier molecular flexibility index (Phi) is 2.36. The summed E-state index contributed by atoms with van der Waals surface area (Å²) >= 11 is 0. The van der Waals surface area contributed by atoms with Crippen molar-refractivity contribution in [3.63, 3.8) is 0 Å². The molecule has 1 amide bonds. The molecule has 0 saturated heterocycles. The third kappa shape index (κ3) is 1.85. The highest BCUT2D eigenvalue weighted by molar-refractivity contribution is 6.05. The van der Waals surface area contributed by atoms with Gasteiger partial charge in [0.05, 0.1) is 6.34 Å². The van der Waals surface area contributed by atoms with Crippen LogP contribution < -0.4 is 4.90 Å². The zero-order valence-corrected chi connectivity index (χ0v) is 7.50. The van der Waals surface area contributed by atoms with E-state index in [1.807, 2.05) is 30.3 Å². The lowest BCUT2D eigenvalue weighted by molar-refractivity contribution is -0.116. The first kappa shape index (κ1) is 8.62. The molecule has 0 atom stereocenters. The van der Waals surface area contributed by atoms with Gasteiger partial charge in [-0.15, -0.1) is 0 Å². The molecule has 0 spiro atoms. The van der Waals surface area contributed by atoms with E-state index in [1.54, 1.807) is 11.2 Å². The largest absolute Gasteiger partial charge is 0.292 e. The van der Waals surface area contributed by atoms with E-state index < -0.39 is 0 Å². The number of hydrogen-bond acceptors (Lipinski definition) is 3. The number of carbonyl (C=O) groups is 1. The van der Waals surface area contributed by atoms with Crippen molar-refractivity contribution in [3.05, 3.63) is 30.3 Å². The van der Waals surface area contributed by atoms with Crippen molar-refractivity contribution in [3.8, 4) is 0 Å². The second-order valence-electron chi connectivity index (χ2n) is 2.84. The topological polar surface area (TPSA) is 45.0 Å². The maximum absolute atomic E-state index is 10.9. The summed E-state index contributed by atoms with van der Waals surface area (Å²) in [6.07, 6.45) is 3.08. The van der Waals surface area contributed by atoms with Gasteiger partial charge in [0.1, 0.15) is 12.9 Å². The van der Waals surface area contributed by atoms with E-state index in [0.29, 0.717) is 0 Å². The van der Waals surface area contributed by atoms with Crippen LogP contribution in [0.25, 0.3) is 0 Å². The fourth-order valence-corrected chi connectivity index (χ4v) is 1.14. The molecule has 1 aliphatic heterocycles. The van der Waals surface area contributed by atoms with E-state index in [9.17, 15) is 4.79 Å². The molecule has 1 aliphatic rings. The molecule has 1 heterocycles. The zero-order valence-electron chi connectivity index (χ0n) is 7.50. The van der Waals surface area contributed by atoms with Crippen LogP contribution in [0.15, 0.2) is 40.3 Å². The fraction of sp³-hybridized carbons (Fsp3) is 0.100. The van der Waals surface area contributed by atoms with E-state index in [0.717, 1.165) is 5.69 Å². The van der Waals surface area contributed by atoms with Crippen LogP contribution in [0, 0.1) is 0 Å². The summed E-state index contributed by atoms with van der Waals surface area (Å²) in [6.45, 7) is 0.125. The molecule has 70 valence electrons. The molecule has 1 aromatic carbocycles. The van der Waals surface area contributed by atoms with Gasteiger partial charge in [0.15, 0.2) is 0 Å². The SMILES string of the molecule is O=C1CN=CN(c2ccccc2)C=N1. The van der Waals surface area contributed by atoms with Crippen LogP contribution in [0.5, 0.6) is 0 Å². The van der Waals surface area contributed by atoms with Gasteiger partial charge in [0, 0.05) is 5.69 Å².